The standard InChI is InChI=1S/C19H23N5O3/c1-3-21-18(25)15-10-24(19(26)27-15)12-7-8-13-11(9-12)5-4-6-14-16(13)22-23-17(14)20-2/h7-9,15H,3-6,10H2,1-2H3,(H,21,25)(H2,20,22,23)/t15-/m1/s1. The number of likely N-dealkylation sites (N-methyl/N-ethyl adjacent to an activating group) is 1. The number of amides is 2. The van der Waals surface area contributed by atoms with E-state index in [9.17, 15) is 9.59 Å². The minimum Gasteiger partial charge on any atom is -0.434 e. The lowest BCUT2D eigenvalue weighted by atomic mass is 10.0. The number of cyclic esters (lactones) is 1. The largest absolute Gasteiger partial charge is 0.434 e. The molecule has 0 bridgehead atoms. The molecule has 1 aliphatic carbocycles. The summed E-state index contributed by atoms with van der Waals surface area (Å²) in [5.41, 5.74) is 5.24. The van der Waals surface area contributed by atoms with Gasteiger partial charge >= 0.3 is 6.09 Å². The van der Waals surface area contributed by atoms with E-state index in [4.69, 9.17) is 4.74 Å². The van der Waals surface area contributed by atoms with Crippen molar-refractivity contribution in [3.05, 3.63) is 29.3 Å². The molecular weight excluding hydrogens is 346 g/mol. The number of fused-ring (bicyclic) bond motifs is 3. The van der Waals surface area contributed by atoms with Gasteiger partial charge in [-0.05, 0) is 43.9 Å². The predicted octanol–water partition coefficient (Wildman–Crippen LogP) is 2.07. The van der Waals surface area contributed by atoms with E-state index >= 15 is 0 Å². The molecule has 8 heteroatoms. The van der Waals surface area contributed by atoms with Crippen LogP contribution in [0.15, 0.2) is 18.2 Å². The van der Waals surface area contributed by atoms with Crippen LogP contribution in [0.1, 0.15) is 24.5 Å². The van der Waals surface area contributed by atoms with Crippen molar-refractivity contribution in [1.29, 1.82) is 0 Å². The van der Waals surface area contributed by atoms with Gasteiger partial charge in [-0.15, -0.1) is 0 Å². The van der Waals surface area contributed by atoms with Crippen molar-refractivity contribution in [3.63, 3.8) is 0 Å². The molecule has 0 spiro atoms. The molecule has 1 atom stereocenters. The first-order chi connectivity index (χ1) is 13.1. The average Bonchev–Trinajstić information content (AvgIpc) is 3.20. The number of benzene rings is 1. The van der Waals surface area contributed by atoms with Gasteiger partial charge in [0.25, 0.3) is 5.91 Å². The highest BCUT2D eigenvalue weighted by atomic mass is 16.6. The van der Waals surface area contributed by atoms with Gasteiger partial charge in [0, 0.05) is 30.4 Å². The number of anilines is 2. The number of nitrogens with one attached hydrogen (secondary N) is 3. The zero-order valence-corrected chi connectivity index (χ0v) is 15.5. The first-order valence-electron chi connectivity index (χ1n) is 9.26. The van der Waals surface area contributed by atoms with E-state index < -0.39 is 12.2 Å². The fourth-order valence-electron chi connectivity index (χ4n) is 3.79. The van der Waals surface area contributed by atoms with Gasteiger partial charge in [-0.1, -0.05) is 6.07 Å². The number of H-pyrrole nitrogens is 1. The van der Waals surface area contributed by atoms with Crippen LogP contribution in [0.3, 0.4) is 0 Å². The third-order valence-electron chi connectivity index (χ3n) is 5.10. The zero-order chi connectivity index (χ0) is 19.0. The van der Waals surface area contributed by atoms with Crippen LogP contribution in [0, 0.1) is 0 Å². The van der Waals surface area contributed by atoms with E-state index in [1.54, 1.807) is 0 Å². The molecule has 0 unspecified atom stereocenters. The van der Waals surface area contributed by atoms with Gasteiger partial charge in [-0.3, -0.25) is 14.8 Å². The lowest BCUT2D eigenvalue weighted by Gasteiger charge is -2.16. The monoisotopic (exact) mass is 369 g/mol. The highest BCUT2D eigenvalue weighted by Crippen LogP contribution is 2.36. The van der Waals surface area contributed by atoms with Crippen LogP contribution in [-0.4, -0.2) is 48.4 Å². The molecule has 2 heterocycles. The third kappa shape index (κ3) is 3.01. The Bertz CT molecular complexity index is 891. The third-order valence-corrected chi connectivity index (χ3v) is 5.10. The van der Waals surface area contributed by atoms with Crippen LogP contribution < -0.4 is 15.5 Å². The van der Waals surface area contributed by atoms with Gasteiger partial charge in [0.2, 0.25) is 0 Å². The molecule has 1 aliphatic heterocycles. The van der Waals surface area contributed by atoms with Crippen LogP contribution >= 0.6 is 0 Å². The van der Waals surface area contributed by atoms with Crippen molar-refractivity contribution in [2.24, 2.45) is 0 Å². The van der Waals surface area contributed by atoms with Crippen molar-refractivity contribution >= 4 is 23.5 Å². The zero-order valence-electron chi connectivity index (χ0n) is 15.5. The summed E-state index contributed by atoms with van der Waals surface area (Å²) in [6, 6.07) is 5.93. The molecule has 2 aromatic rings. The maximum Gasteiger partial charge on any atom is 0.415 e. The molecule has 8 nitrogen and oxygen atoms in total. The van der Waals surface area contributed by atoms with E-state index in [1.807, 2.05) is 32.2 Å². The molecule has 1 aromatic carbocycles. The minimum atomic E-state index is -0.770. The highest BCUT2D eigenvalue weighted by molar-refractivity contribution is 5.96. The highest BCUT2D eigenvalue weighted by Gasteiger charge is 2.37. The molecule has 4 rings (SSSR count). The van der Waals surface area contributed by atoms with Gasteiger partial charge < -0.3 is 15.4 Å². The van der Waals surface area contributed by atoms with Gasteiger partial charge in [0.1, 0.15) is 0 Å². The number of aryl methyl sites for hydroxylation is 1. The Hall–Kier alpha value is -3.03. The second-order valence-corrected chi connectivity index (χ2v) is 6.75. The van der Waals surface area contributed by atoms with Crippen LogP contribution in [0.2, 0.25) is 0 Å². The van der Waals surface area contributed by atoms with E-state index in [-0.39, 0.29) is 12.5 Å². The number of aromatic nitrogens is 2. The summed E-state index contributed by atoms with van der Waals surface area (Å²) in [4.78, 5) is 25.8. The van der Waals surface area contributed by atoms with Crippen LogP contribution in [0.4, 0.5) is 16.3 Å². The topological polar surface area (TPSA) is 99.4 Å². The van der Waals surface area contributed by atoms with Crippen LogP contribution in [-0.2, 0) is 22.4 Å². The van der Waals surface area contributed by atoms with E-state index in [1.165, 1.54) is 10.5 Å². The lowest BCUT2D eigenvalue weighted by molar-refractivity contribution is -0.127. The molecule has 1 saturated heterocycles. The summed E-state index contributed by atoms with van der Waals surface area (Å²) in [6.45, 7) is 2.57. The van der Waals surface area contributed by atoms with Crippen molar-refractivity contribution in [2.75, 3.05) is 30.4 Å². The number of aromatic amines is 1. The molecule has 2 aliphatic rings. The number of carbonyl (C=O) groups is 2. The Morgan fingerprint density at radius 2 is 2.26 bits per heavy atom. The quantitative estimate of drug-likeness (QED) is 0.766. The summed E-state index contributed by atoms with van der Waals surface area (Å²) in [5.74, 6) is 0.625. The van der Waals surface area contributed by atoms with Gasteiger partial charge in [0.05, 0.1) is 12.2 Å². The van der Waals surface area contributed by atoms with Gasteiger partial charge in [-0.2, -0.15) is 5.10 Å². The summed E-state index contributed by atoms with van der Waals surface area (Å²) < 4.78 is 5.24. The molecule has 3 N–H and O–H groups in total. The summed E-state index contributed by atoms with van der Waals surface area (Å²) in [5, 5.41) is 13.3. The maximum atomic E-state index is 12.3. The Kier molecular flexibility index (Phi) is 4.47. The van der Waals surface area contributed by atoms with Crippen molar-refractivity contribution in [3.8, 4) is 11.3 Å². The fraction of sp³-hybridized carbons (Fsp3) is 0.421. The second kappa shape index (κ2) is 6.94. The Morgan fingerprint density at radius 3 is 3.04 bits per heavy atom. The number of hydrogen-bond acceptors (Lipinski definition) is 5. The molecule has 142 valence electrons. The van der Waals surface area contributed by atoms with Gasteiger partial charge in [-0.25, -0.2) is 4.79 Å². The Morgan fingerprint density at radius 1 is 1.41 bits per heavy atom. The van der Waals surface area contributed by atoms with Crippen LogP contribution in [0.5, 0.6) is 0 Å². The number of nitrogens with zero attached hydrogens (tertiary/aromatic N) is 2. The predicted molar refractivity (Wildman–Crippen MR) is 102 cm³/mol. The number of carbonyl (C=O) groups excluding carboxylic acids is 2. The molecule has 1 aromatic heterocycles. The summed E-state index contributed by atoms with van der Waals surface area (Å²) >= 11 is 0. The molecular formula is C19H23N5O3. The Balaban J connectivity index is 1.63. The molecule has 0 saturated carbocycles. The number of ether oxygens (including phenoxy) is 1. The molecule has 0 radical (unpaired) electrons. The maximum absolute atomic E-state index is 12.3. The minimum absolute atomic E-state index is 0.225. The van der Waals surface area contributed by atoms with Crippen LogP contribution in [0.25, 0.3) is 11.3 Å². The molecule has 27 heavy (non-hydrogen) atoms. The van der Waals surface area contributed by atoms with E-state index in [0.29, 0.717) is 6.54 Å². The van der Waals surface area contributed by atoms with Crippen molar-refractivity contribution < 1.29 is 14.3 Å². The fourth-order valence-corrected chi connectivity index (χ4v) is 3.79. The van der Waals surface area contributed by atoms with Crippen molar-refractivity contribution in [2.45, 2.75) is 32.3 Å². The summed E-state index contributed by atoms with van der Waals surface area (Å²) in [6.07, 6.45) is 1.60. The SMILES string of the molecule is CCNC(=O)[C@H]1CN(c2ccc3c(c2)CCCc2c(NC)n[nH]c2-3)C(=O)O1. The van der Waals surface area contributed by atoms with E-state index in [0.717, 1.165) is 47.6 Å². The second-order valence-electron chi connectivity index (χ2n) is 6.75. The van der Waals surface area contributed by atoms with Gasteiger partial charge in [0.15, 0.2) is 11.9 Å². The number of hydrogen-bond donors (Lipinski definition) is 3. The number of rotatable bonds is 4. The smallest absolute Gasteiger partial charge is 0.415 e. The average molecular weight is 369 g/mol. The first-order valence-corrected chi connectivity index (χ1v) is 9.26. The molecule has 1 fully saturated rings. The van der Waals surface area contributed by atoms with Crippen molar-refractivity contribution in [1.82, 2.24) is 15.5 Å². The summed E-state index contributed by atoms with van der Waals surface area (Å²) in [7, 11) is 1.87. The first kappa shape index (κ1) is 17.4. The lowest BCUT2D eigenvalue weighted by Crippen LogP contribution is -2.37. The van der Waals surface area contributed by atoms with E-state index in [2.05, 4.69) is 20.8 Å². The Labute approximate surface area is 157 Å². The molecule has 2 amide bonds. The normalized spacial score (nSPS) is 18.4.